The number of amides is 2. The largest absolute Gasteiger partial charge is 0.355 e. The lowest BCUT2D eigenvalue weighted by Gasteiger charge is -2.23. The van der Waals surface area contributed by atoms with Crippen LogP contribution in [0.5, 0.6) is 0 Å². The van der Waals surface area contributed by atoms with Crippen LogP contribution in [-0.4, -0.2) is 24.4 Å². The number of anilines is 1. The predicted octanol–water partition coefficient (Wildman–Crippen LogP) is 1.26. The summed E-state index contributed by atoms with van der Waals surface area (Å²) in [6, 6.07) is 6.92. The maximum absolute atomic E-state index is 12.2. The molecule has 5 nitrogen and oxygen atoms in total. The SMILES string of the molecule is CNC(=O)c1ccccc1NC(=O)C1(N)CCCC1. The van der Waals surface area contributed by atoms with Crippen molar-refractivity contribution in [2.24, 2.45) is 5.73 Å². The summed E-state index contributed by atoms with van der Waals surface area (Å²) >= 11 is 0. The molecule has 0 aromatic heterocycles. The highest BCUT2D eigenvalue weighted by Gasteiger charge is 2.37. The Balaban J connectivity index is 2.19. The van der Waals surface area contributed by atoms with Crippen molar-refractivity contribution in [3.8, 4) is 0 Å². The third-order valence-electron chi connectivity index (χ3n) is 3.59. The molecule has 1 saturated carbocycles. The molecule has 0 aliphatic heterocycles. The number of benzene rings is 1. The van der Waals surface area contributed by atoms with Crippen molar-refractivity contribution >= 4 is 17.5 Å². The van der Waals surface area contributed by atoms with E-state index in [0.29, 0.717) is 24.1 Å². The minimum Gasteiger partial charge on any atom is -0.355 e. The number of carbonyl (C=O) groups excluding carboxylic acids is 2. The summed E-state index contributed by atoms with van der Waals surface area (Å²) in [6.07, 6.45) is 3.34. The maximum Gasteiger partial charge on any atom is 0.253 e. The van der Waals surface area contributed by atoms with E-state index in [0.717, 1.165) is 12.8 Å². The second-order valence-electron chi connectivity index (χ2n) is 4.94. The summed E-state index contributed by atoms with van der Waals surface area (Å²) in [5, 5.41) is 5.34. The fourth-order valence-corrected chi connectivity index (χ4v) is 2.40. The minimum atomic E-state index is -0.796. The zero-order valence-corrected chi connectivity index (χ0v) is 11.0. The van der Waals surface area contributed by atoms with Gasteiger partial charge < -0.3 is 16.4 Å². The molecule has 4 N–H and O–H groups in total. The summed E-state index contributed by atoms with van der Waals surface area (Å²) in [4.78, 5) is 24.0. The summed E-state index contributed by atoms with van der Waals surface area (Å²) in [7, 11) is 1.56. The molecule has 0 saturated heterocycles. The van der Waals surface area contributed by atoms with Crippen molar-refractivity contribution in [2.75, 3.05) is 12.4 Å². The molecule has 0 unspecified atom stereocenters. The lowest BCUT2D eigenvalue weighted by molar-refractivity contribution is -0.121. The Labute approximate surface area is 112 Å². The van der Waals surface area contributed by atoms with Crippen LogP contribution in [-0.2, 0) is 4.79 Å². The van der Waals surface area contributed by atoms with Gasteiger partial charge >= 0.3 is 0 Å². The molecular weight excluding hydrogens is 242 g/mol. The lowest BCUT2D eigenvalue weighted by atomic mass is 9.97. The fourth-order valence-electron chi connectivity index (χ4n) is 2.40. The number of hydrogen-bond acceptors (Lipinski definition) is 3. The van der Waals surface area contributed by atoms with Gasteiger partial charge in [-0.25, -0.2) is 0 Å². The zero-order chi connectivity index (χ0) is 13.9. The van der Waals surface area contributed by atoms with E-state index in [1.165, 1.54) is 0 Å². The molecular formula is C14H19N3O2. The Morgan fingerprint density at radius 3 is 2.47 bits per heavy atom. The van der Waals surface area contributed by atoms with E-state index in [2.05, 4.69) is 10.6 Å². The van der Waals surface area contributed by atoms with Gasteiger partial charge in [0.15, 0.2) is 0 Å². The highest BCUT2D eigenvalue weighted by Crippen LogP contribution is 2.28. The van der Waals surface area contributed by atoms with Crippen LogP contribution in [0.4, 0.5) is 5.69 Å². The van der Waals surface area contributed by atoms with Crippen LogP contribution in [0.15, 0.2) is 24.3 Å². The van der Waals surface area contributed by atoms with Crippen LogP contribution < -0.4 is 16.4 Å². The first-order valence-corrected chi connectivity index (χ1v) is 6.48. The summed E-state index contributed by atoms with van der Waals surface area (Å²) in [5.41, 5.74) is 6.25. The third-order valence-corrected chi connectivity index (χ3v) is 3.59. The van der Waals surface area contributed by atoms with Crippen LogP contribution in [0.3, 0.4) is 0 Å². The van der Waals surface area contributed by atoms with Gasteiger partial charge in [-0.3, -0.25) is 9.59 Å². The van der Waals surface area contributed by atoms with Gasteiger partial charge in [0.25, 0.3) is 5.91 Å². The van der Waals surface area contributed by atoms with Crippen LogP contribution in [0.2, 0.25) is 0 Å². The zero-order valence-electron chi connectivity index (χ0n) is 11.0. The molecule has 1 aliphatic carbocycles. The molecule has 102 valence electrons. The maximum atomic E-state index is 12.2. The Kier molecular flexibility index (Phi) is 3.85. The van der Waals surface area contributed by atoms with E-state index in [9.17, 15) is 9.59 Å². The average molecular weight is 261 g/mol. The van der Waals surface area contributed by atoms with Gasteiger partial charge in [-0.1, -0.05) is 25.0 Å². The Morgan fingerprint density at radius 1 is 1.21 bits per heavy atom. The van der Waals surface area contributed by atoms with Crippen molar-refractivity contribution in [1.82, 2.24) is 5.32 Å². The van der Waals surface area contributed by atoms with Gasteiger partial charge in [0.05, 0.1) is 16.8 Å². The van der Waals surface area contributed by atoms with E-state index < -0.39 is 5.54 Å². The monoisotopic (exact) mass is 261 g/mol. The van der Waals surface area contributed by atoms with Crippen molar-refractivity contribution in [3.63, 3.8) is 0 Å². The summed E-state index contributed by atoms with van der Waals surface area (Å²) in [6.45, 7) is 0. The van der Waals surface area contributed by atoms with Crippen LogP contribution in [0.1, 0.15) is 36.0 Å². The average Bonchev–Trinajstić information content (AvgIpc) is 2.87. The van der Waals surface area contributed by atoms with Crippen molar-refractivity contribution < 1.29 is 9.59 Å². The lowest BCUT2D eigenvalue weighted by Crippen LogP contribution is -2.48. The van der Waals surface area contributed by atoms with Crippen LogP contribution >= 0.6 is 0 Å². The molecule has 0 atom stereocenters. The standard InChI is InChI=1S/C14H19N3O2/c1-16-12(18)10-6-2-3-7-11(10)17-13(19)14(15)8-4-5-9-14/h2-3,6-7H,4-5,8-9,15H2,1H3,(H,16,18)(H,17,19). The van der Waals surface area contributed by atoms with Crippen molar-refractivity contribution in [2.45, 2.75) is 31.2 Å². The summed E-state index contributed by atoms with van der Waals surface area (Å²) in [5.74, 6) is -0.435. The van der Waals surface area contributed by atoms with Gasteiger partial charge in [-0.15, -0.1) is 0 Å². The number of hydrogen-bond donors (Lipinski definition) is 3. The van der Waals surface area contributed by atoms with Crippen LogP contribution in [0, 0.1) is 0 Å². The Bertz CT molecular complexity index is 493. The normalized spacial score (nSPS) is 16.9. The smallest absolute Gasteiger partial charge is 0.253 e. The fraction of sp³-hybridized carbons (Fsp3) is 0.429. The Morgan fingerprint density at radius 2 is 1.84 bits per heavy atom. The van der Waals surface area contributed by atoms with Gasteiger partial charge in [0.1, 0.15) is 0 Å². The van der Waals surface area contributed by atoms with E-state index in [4.69, 9.17) is 5.73 Å². The molecule has 0 radical (unpaired) electrons. The summed E-state index contributed by atoms with van der Waals surface area (Å²) < 4.78 is 0. The van der Waals surface area contributed by atoms with E-state index in [1.807, 2.05) is 0 Å². The second kappa shape index (κ2) is 5.40. The van der Waals surface area contributed by atoms with E-state index in [-0.39, 0.29) is 11.8 Å². The topological polar surface area (TPSA) is 84.2 Å². The molecule has 0 heterocycles. The minimum absolute atomic E-state index is 0.207. The highest BCUT2D eigenvalue weighted by atomic mass is 16.2. The van der Waals surface area contributed by atoms with E-state index >= 15 is 0 Å². The first kappa shape index (κ1) is 13.5. The molecule has 19 heavy (non-hydrogen) atoms. The van der Waals surface area contributed by atoms with Gasteiger partial charge in [-0.2, -0.15) is 0 Å². The third kappa shape index (κ3) is 2.76. The molecule has 5 heteroatoms. The molecule has 1 aromatic carbocycles. The number of nitrogens with one attached hydrogen (secondary N) is 2. The van der Waals surface area contributed by atoms with Gasteiger partial charge in [-0.05, 0) is 25.0 Å². The predicted molar refractivity (Wildman–Crippen MR) is 73.8 cm³/mol. The van der Waals surface area contributed by atoms with Crippen molar-refractivity contribution in [1.29, 1.82) is 0 Å². The molecule has 1 aliphatic rings. The number of nitrogens with two attached hydrogens (primary N) is 1. The quantitative estimate of drug-likeness (QED) is 0.765. The first-order chi connectivity index (χ1) is 9.07. The van der Waals surface area contributed by atoms with E-state index in [1.54, 1.807) is 31.3 Å². The van der Waals surface area contributed by atoms with Crippen molar-refractivity contribution in [3.05, 3.63) is 29.8 Å². The molecule has 1 fully saturated rings. The van der Waals surface area contributed by atoms with Gasteiger partial charge in [0, 0.05) is 7.05 Å². The molecule has 0 spiro atoms. The van der Waals surface area contributed by atoms with Gasteiger partial charge in [0.2, 0.25) is 5.91 Å². The number of para-hydroxylation sites is 1. The molecule has 0 bridgehead atoms. The number of rotatable bonds is 3. The molecule has 2 rings (SSSR count). The Hall–Kier alpha value is -1.88. The highest BCUT2D eigenvalue weighted by molar-refractivity contribution is 6.05. The molecule has 2 amide bonds. The van der Waals surface area contributed by atoms with Crippen LogP contribution in [0.25, 0.3) is 0 Å². The second-order valence-corrected chi connectivity index (χ2v) is 4.94. The first-order valence-electron chi connectivity index (χ1n) is 6.48. The molecule has 1 aromatic rings. The number of carbonyl (C=O) groups is 2.